The molecule has 5 nitrogen and oxygen atoms in total. The topological polar surface area (TPSA) is 103 Å². The number of nitrogens with two attached hydrogens (primary N) is 2. The molecule has 32 heavy (non-hydrogen) atoms. The Morgan fingerprint density at radius 1 is 0.625 bits per heavy atom. The molecule has 0 saturated heterocycles. The summed E-state index contributed by atoms with van der Waals surface area (Å²) in [6.45, 7) is 11.6. The predicted molar refractivity (Wildman–Crippen MR) is 132 cm³/mol. The van der Waals surface area contributed by atoms with Crippen LogP contribution in [0, 0.1) is 41.5 Å². The van der Waals surface area contributed by atoms with Crippen LogP contribution in [0.15, 0.2) is 54.6 Å². The zero-order chi connectivity index (χ0) is 24.4. The molecule has 0 heterocycles. The third kappa shape index (κ3) is 8.09. The molecule has 0 fully saturated rings. The molecule has 0 aromatic heterocycles. The normalized spacial score (nSPS) is 9.81. The van der Waals surface area contributed by atoms with Gasteiger partial charge in [-0.15, -0.1) is 0 Å². The van der Waals surface area contributed by atoms with Crippen LogP contribution in [-0.2, 0) is 4.57 Å². The van der Waals surface area contributed by atoms with Crippen LogP contribution in [0.25, 0.3) is 0 Å². The minimum absolute atomic E-state index is 0.0994. The summed E-state index contributed by atoms with van der Waals surface area (Å²) >= 11 is 0. The average molecular weight is 451 g/mol. The van der Waals surface area contributed by atoms with Gasteiger partial charge in [-0.25, -0.2) is 0 Å². The van der Waals surface area contributed by atoms with Gasteiger partial charge in [-0.1, -0.05) is 53.6 Å². The summed E-state index contributed by atoms with van der Waals surface area (Å²) in [5.74, 6) is -0.685. The van der Waals surface area contributed by atoms with E-state index in [1.54, 1.807) is 0 Å². The maximum atomic E-state index is 11.0. The Balaban J connectivity index is 0.000000245. The monoisotopic (exact) mass is 450 g/mol. The molecule has 0 unspecified atom stereocenters. The number of benzene rings is 3. The van der Waals surface area contributed by atoms with Crippen molar-refractivity contribution in [2.45, 2.75) is 41.5 Å². The number of hydrogen-bond acceptors (Lipinski definition) is 3. The van der Waals surface area contributed by atoms with Crippen molar-refractivity contribution in [1.29, 1.82) is 0 Å². The molecule has 0 bridgehead atoms. The van der Waals surface area contributed by atoms with Crippen LogP contribution < -0.4 is 16.8 Å². The van der Waals surface area contributed by atoms with Crippen molar-refractivity contribution in [2.24, 2.45) is 11.5 Å². The van der Waals surface area contributed by atoms with Crippen LogP contribution in [0.5, 0.6) is 0 Å². The van der Waals surface area contributed by atoms with Gasteiger partial charge in [-0.3, -0.25) is 14.2 Å². The van der Waals surface area contributed by atoms with Crippen LogP contribution in [0.2, 0.25) is 0 Å². The first kappa shape index (κ1) is 26.7. The quantitative estimate of drug-likeness (QED) is 0.547. The van der Waals surface area contributed by atoms with Crippen LogP contribution in [0.1, 0.15) is 54.1 Å². The van der Waals surface area contributed by atoms with Crippen molar-refractivity contribution in [2.75, 3.05) is 0 Å². The van der Waals surface area contributed by atoms with E-state index in [-0.39, 0.29) is 20.3 Å². The molecule has 3 aromatic rings. The summed E-state index contributed by atoms with van der Waals surface area (Å²) in [6.07, 6.45) is 0. The minimum atomic E-state index is -0.343. The number of carbonyl (C=O) groups is 2. The lowest BCUT2D eigenvalue weighted by Gasteiger charge is -2.06. The van der Waals surface area contributed by atoms with Gasteiger partial charge in [0.25, 0.3) is 0 Å². The predicted octanol–water partition coefficient (Wildman–Crippen LogP) is 5.03. The molecule has 0 atom stereocenters. The van der Waals surface area contributed by atoms with E-state index >= 15 is 0 Å². The highest BCUT2D eigenvalue weighted by Gasteiger charge is 2.09. The van der Waals surface area contributed by atoms with Crippen LogP contribution in [-0.4, -0.2) is 11.8 Å². The van der Waals surface area contributed by atoms with Crippen molar-refractivity contribution < 1.29 is 14.2 Å². The van der Waals surface area contributed by atoms with E-state index in [1.807, 2.05) is 96.1 Å². The Labute approximate surface area is 192 Å². The molecule has 0 aliphatic carbocycles. The van der Waals surface area contributed by atoms with Gasteiger partial charge < -0.3 is 11.5 Å². The number of hydrogen-bond donors (Lipinski definition) is 2. The third-order valence-electron chi connectivity index (χ3n) is 4.71. The van der Waals surface area contributed by atoms with Crippen molar-refractivity contribution in [1.82, 2.24) is 0 Å². The molecule has 6 heteroatoms. The van der Waals surface area contributed by atoms with E-state index in [1.165, 1.54) is 0 Å². The lowest BCUT2D eigenvalue weighted by atomic mass is 10.00. The van der Waals surface area contributed by atoms with E-state index in [2.05, 4.69) is 0 Å². The van der Waals surface area contributed by atoms with Gasteiger partial charge in [0, 0.05) is 16.4 Å². The highest BCUT2D eigenvalue weighted by molar-refractivity contribution is 7.34. The molecule has 0 radical (unpaired) electrons. The molecular weight excluding hydrogens is 419 g/mol. The van der Waals surface area contributed by atoms with Crippen molar-refractivity contribution in [3.05, 3.63) is 99.1 Å². The Morgan fingerprint density at radius 2 is 0.938 bits per heavy atom. The third-order valence-corrected chi connectivity index (χ3v) is 5.22. The molecule has 0 spiro atoms. The summed E-state index contributed by atoms with van der Waals surface area (Å²) in [5.41, 5.74) is 17.9. The Hall–Kier alpha value is -3.30. The van der Waals surface area contributed by atoms with Crippen LogP contribution in [0.3, 0.4) is 0 Å². The van der Waals surface area contributed by atoms with E-state index in [0.717, 1.165) is 38.7 Å². The zero-order valence-corrected chi connectivity index (χ0v) is 20.4. The van der Waals surface area contributed by atoms with E-state index < -0.39 is 0 Å². The summed E-state index contributed by atoms with van der Waals surface area (Å²) < 4.78 is 10.1. The number of primary amides is 2. The number of amides is 2. The Kier molecular flexibility index (Phi) is 10.5. The standard InChI is InChI=1S/2C10H13NO.C6H5OP/c2*1-6-4-7(2)9(10(11)12)8(3)5-6;7-8-6-4-2-1-3-5-6/h2*4-5H,1-3H3,(H2,11,12);1-5H. The highest BCUT2D eigenvalue weighted by Crippen LogP contribution is 2.16. The summed E-state index contributed by atoms with van der Waals surface area (Å²) in [5, 5.41) is 0.826. The Bertz CT molecular complexity index is 996. The number of aryl methyl sites for hydroxylation is 6. The molecule has 168 valence electrons. The first-order chi connectivity index (χ1) is 15.0. The first-order valence-corrected chi connectivity index (χ1v) is 10.9. The smallest absolute Gasteiger partial charge is 0.249 e. The second-order valence-electron chi connectivity index (χ2n) is 7.70. The van der Waals surface area contributed by atoms with Crippen LogP contribution in [0.4, 0.5) is 0 Å². The molecule has 0 aliphatic rings. The van der Waals surface area contributed by atoms with E-state index in [4.69, 9.17) is 11.5 Å². The number of carbonyl (C=O) groups excluding carboxylic acids is 2. The summed E-state index contributed by atoms with van der Waals surface area (Å²) in [6, 6.07) is 17.1. The molecule has 0 saturated carbocycles. The van der Waals surface area contributed by atoms with E-state index in [9.17, 15) is 14.2 Å². The summed E-state index contributed by atoms with van der Waals surface area (Å²) in [7, 11) is 0.0994. The fraction of sp³-hybridized carbons (Fsp3) is 0.231. The number of rotatable bonds is 3. The summed E-state index contributed by atoms with van der Waals surface area (Å²) in [4.78, 5) is 22.0. The largest absolute Gasteiger partial charge is 0.366 e. The van der Waals surface area contributed by atoms with Crippen LogP contribution >= 0.6 is 8.46 Å². The van der Waals surface area contributed by atoms with Crippen molar-refractivity contribution >= 4 is 25.6 Å². The average Bonchev–Trinajstić information content (AvgIpc) is 2.67. The van der Waals surface area contributed by atoms with Gasteiger partial charge in [0.1, 0.15) is 0 Å². The van der Waals surface area contributed by atoms with Gasteiger partial charge in [0.05, 0.1) is 0 Å². The Morgan fingerprint density at radius 3 is 1.16 bits per heavy atom. The second kappa shape index (κ2) is 12.5. The minimum Gasteiger partial charge on any atom is -0.366 e. The SMILES string of the molecule is Cc1cc(C)c(C(N)=O)c(C)c1.Cc1cc(C)c(C(N)=O)c(C)c1.O=Pc1ccccc1. The lowest BCUT2D eigenvalue weighted by Crippen LogP contribution is -2.14. The fourth-order valence-corrected chi connectivity index (χ4v) is 3.92. The van der Waals surface area contributed by atoms with Gasteiger partial charge >= 0.3 is 0 Å². The van der Waals surface area contributed by atoms with Gasteiger partial charge in [-0.2, -0.15) is 0 Å². The molecular formula is C26H31N2O3P. The molecule has 2 amide bonds. The lowest BCUT2D eigenvalue weighted by molar-refractivity contribution is 0.0990. The van der Waals surface area contributed by atoms with Crippen molar-refractivity contribution in [3.63, 3.8) is 0 Å². The molecule has 3 rings (SSSR count). The van der Waals surface area contributed by atoms with E-state index in [0.29, 0.717) is 11.1 Å². The fourth-order valence-electron chi connectivity index (χ4n) is 3.63. The molecule has 0 aliphatic heterocycles. The second-order valence-corrected chi connectivity index (χ2v) is 8.40. The van der Waals surface area contributed by atoms with Gasteiger partial charge in [0.15, 0.2) is 8.46 Å². The molecule has 3 aromatic carbocycles. The van der Waals surface area contributed by atoms with Crippen molar-refractivity contribution in [3.8, 4) is 0 Å². The van der Waals surface area contributed by atoms with Gasteiger partial charge in [-0.05, 0) is 75.9 Å². The maximum Gasteiger partial charge on any atom is 0.249 e. The van der Waals surface area contributed by atoms with Gasteiger partial charge in [0.2, 0.25) is 11.8 Å². The zero-order valence-electron chi connectivity index (χ0n) is 19.5. The molecule has 4 N–H and O–H groups in total. The highest BCUT2D eigenvalue weighted by atomic mass is 31.1. The first-order valence-electron chi connectivity index (χ1n) is 10.1. The maximum absolute atomic E-state index is 11.0.